The zero-order valence-corrected chi connectivity index (χ0v) is 13.5. The number of hydrogen-bond donors (Lipinski definition) is 0. The van der Waals surface area contributed by atoms with Crippen molar-refractivity contribution in [1.82, 2.24) is 4.57 Å². The van der Waals surface area contributed by atoms with E-state index in [-0.39, 0.29) is 0 Å². The van der Waals surface area contributed by atoms with Crippen LogP contribution in [0.1, 0.15) is 23.7 Å². The Hall–Kier alpha value is -1.93. The van der Waals surface area contributed by atoms with Crippen LogP contribution in [-0.4, -0.2) is 10.8 Å². The molecule has 0 spiro atoms. The summed E-state index contributed by atoms with van der Waals surface area (Å²) in [6.07, 6.45) is 6.83. The number of nitrogens with zero attached hydrogens (tertiary/aromatic N) is 1. The van der Waals surface area contributed by atoms with Crippen molar-refractivity contribution in [3.8, 4) is 11.1 Å². The minimum Gasteiger partial charge on any atom is -0.343 e. The van der Waals surface area contributed by atoms with Gasteiger partial charge in [-0.1, -0.05) is 42.5 Å². The summed E-state index contributed by atoms with van der Waals surface area (Å²) in [5.74, 6) is 0. The molecule has 22 heavy (non-hydrogen) atoms. The summed E-state index contributed by atoms with van der Waals surface area (Å²) < 4.78 is 2.47. The van der Waals surface area contributed by atoms with Gasteiger partial charge in [-0.25, -0.2) is 0 Å². The highest BCUT2D eigenvalue weighted by atomic mass is 32.2. The lowest BCUT2D eigenvalue weighted by atomic mass is 10.0. The zero-order chi connectivity index (χ0) is 14.9. The van der Waals surface area contributed by atoms with Gasteiger partial charge in [-0.3, -0.25) is 0 Å². The topological polar surface area (TPSA) is 4.93 Å². The fraction of sp³-hybridized carbons (Fsp3) is 0.200. The average molecular weight is 305 g/mol. The molecule has 0 saturated heterocycles. The predicted molar refractivity (Wildman–Crippen MR) is 94.6 cm³/mol. The van der Waals surface area contributed by atoms with Gasteiger partial charge in [0.1, 0.15) is 0 Å². The number of fused-ring (bicyclic) bond motifs is 1. The fourth-order valence-electron chi connectivity index (χ4n) is 3.38. The van der Waals surface area contributed by atoms with E-state index in [4.69, 9.17) is 0 Å². The Balaban J connectivity index is 1.68. The van der Waals surface area contributed by atoms with Crippen molar-refractivity contribution in [3.63, 3.8) is 0 Å². The molecule has 0 radical (unpaired) electrons. The molecule has 1 aliphatic heterocycles. The summed E-state index contributed by atoms with van der Waals surface area (Å²) >= 11 is 1.79. The van der Waals surface area contributed by atoms with E-state index < -0.39 is 0 Å². The van der Waals surface area contributed by atoms with Gasteiger partial charge < -0.3 is 4.57 Å². The summed E-state index contributed by atoms with van der Waals surface area (Å²) in [7, 11) is 0. The van der Waals surface area contributed by atoms with Gasteiger partial charge in [-0.15, -0.1) is 11.8 Å². The molecule has 1 unspecified atom stereocenters. The van der Waals surface area contributed by atoms with Gasteiger partial charge in [0.25, 0.3) is 0 Å². The summed E-state index contributed by atoms with van der Waals surface area (Å²) in [5.41, 5.74) is 5.52. The molecule has 110 valence electrons. The molecule has 2 aromatic carbocycles. The first-order valence-electron chi connectivity index (χ1n) is 7.75. The van der Waals surface area contributed by atoms with E-state index >= 15 is 0 Å². The van der Waals surface area contributed by atoms with Crippen molar-refractivity contribution in [1.29, 1.82) is 0 Å². The van der Waals surface area contributed by atoms with Crippen LogP contribution in [0.5, 0.6) is 0 Å². The van der Waals surface area contributed by atoms with Gasteiger partial charge in [0.2, 0.25) is 0 Å². The average Bonchev–Trinajstić information content (AvgIpc) is 3.16. The molecule has 0 aliphatic carbocycles. The Bertz CT molecular complexity index is 771. The molecular weight excluding hydrogens is 286 g/mol. The molecule has 1 aliphatic rings. The number of rotatable bonds is 3. The van der Waals surface area contributed by atoms with Gasteiger partial charge in [0.05, 0.1) is 6.04 Å². The third-order valence-corrected chi connectivity index (χ3v) is 5.29. The minimum absolute atomic E-state index is 0.496. The SMILES string of the molecule is CSc1ccc(-c2cc3n(c2)C(c2ccccc2)CC3)cc1. The van der Waals surface area contributed by atoms with E-state index in [1.165, 1.54) is 40.1 Å². The number of thioether (sulfide) groups is 1. The Morgan fingerprint density at radius 2 is 1.73 bits per heavy atom. The Morgan fingerprint density at radius 3 is 2.45 bits per heavy atom. The van der Waals surface area contributed by atoms with E-state index in [9.17, 15) is 0 Å². The molecule has 0 bridgehead atoms. The monoisotopic (exact) mass is 305 g/mol. The highest BCUT2D eigenvalue weighted by Gasteiger charge is 2.23. The molecule has 0 amide bonds. The molecule has 1 atom stereocenters. The van der Waals surface area contributed by atoms with Crippen molar-refractivity contribution < 1.29 is 0 Å². The van der Waals surface area contributed by atoms with Crippen LogP contribution in [0.25, 0.3) is 11.1 Å². The number of benzene rings is 2. The lowest BCUT2D eigenvalue weighted by Crippen LogP contribution is -2.03. The van der Waals surface area contributed by atoms with Crippen LogP contribution in [0.3, 0.4) is 0 Å². The van der Waals surface area contributed by atoms with Crippen molar-refractivity contribution in [2.24, 2.45) is 0 Å². The van der Waals surface area contributed by atoms with Crippen LogP contribution in [0, 0.1) is 0 Å². The normalized spacial score (nSPS) is 16.7. The lowest BCUT2D eigenvalue weighted by Gasteiger charge is -2.13. The Labute approximate surface area is 136 Å². The molecule has 0 saturated carbocycles. The van der Waals surface area contributed by atoms with E-state index in [2.05, 4.69) is 77.7 Å². The molecule has 3 aromatic rings. The first-order valence-corrected chi connectivity index (χ1v) is 8.98. The minimum atomic E-state index is 0.496. The van der Waals surface area contributed by atoms with Crippen molar-refractivity contribution in [2.75, 3.05) is 6.26 Å². The van der Waals surface area contributed by atoms with Crippen LogP contribution < -0.4 is 0 Å². The van der Waals surface area contributed by atoms with Crippen LogP contribution in [0.15, 0.2) is 71.8 Å². The van der Waals surface area contributed by atoms with Gasteiger partial charge in [-0.2, -0.15) is 0 Å². The van der Waals surface area contributed by atoms with E-state index in [1.54, 1.807) is 11.8 Å². The van der Waals surface area contributed by atoms with Gasteiger partial charge in [0, 0.05) is 16.8 Å². The second kappa shape index (κ2) is 5.69. The maximum Gasteiger partial charge on any atom is 0.0586 e. The molecule has 2 heteroatoms. The summed E-state index contributed by atoms with van der Waals surface area (Å²) in [5, 5.41) is 0. The molecular formula is C20H19NS. The fourth-order valence-corrected chi connectivity index (χ4v) is 3.79. The molecule has 0 N–H and O–H groups in total. The van der Waals surface area contributed by atoms with Crippen LogP contribution >= 0.6 is 11.8 Å². The van der Waals surface area contributed by atoms with E-state index in [0.717, 1.165) is 0 Å². The third-order valence-electron chi connectivity index (χ3n) is 4.55. The maximum absolute atomic E-state index is 2.47. The molecule has 1 nitrogen and oxygen atoms in total. The largest absolute Gasteiger partial charge is 0.343 e. The van der Waals surface area contributed by atoms with Crippen molar-refractivity contribution in [3.05, 3.63) is 78.1 Å². The molecule has 1 aromatic heterocycles. The standard InChI is InChI=1S/C20H19NS/c1-22-19-10-7-15(8-11-19)17-13-18-9-12-20(21(18)14-17)16-5-3-2-4-6-16/h2-8,10-11,13-14,20H,9,12H2,1H3. The highest BCUT2D eigenvalue weighted by Crippen LogP contribution is 2.36. The van der Waals surface area contributed by atoms with Crippen LogP contribution in [0.4, 0.5) is 0 Å². The number of hydrogen-bond acceptors (Lipinski definition) is 1. The van der Waals surface area contributed by atoms with Gasteiger partial charge in [-0.05, 0) is 54.0 Å². The second-order valence-electron chi connectivity index (χ2n) is 5.82. The summed E-state index contributed by atoms with van der Waals surface area (Å²) in [6.45, 7) is 0. The van der Waals surface area contributed by atoms with Crippen molar-refractivity contribution in [2.45, 2.75) is 23.8 Å². The first kappa shape index (κ1) is 13.7. The van der Waals surface area contributed by atoms with Crippen molar-refractivity contribution >= 4 is 11.8 Å². The first-order chi connectivity index (χ1) is 10.8. The van der Waals surface area contributed by atoms with Gasteiger partial charge >= 0.3 is 0 Å². The summed E-state index contributed by atoms with van der Waals surface area (Å²) in [6, 6.07) is 22.6. The van der Waals surface area contributed by atoms with E-state index in [0.29, 0.717) is 6.04 Å². The van der Waals surface area contributed by atoms with Crippen LogP contribution in [-0.2, 0) is 6.42 Å². The Morgan fingerprint density at radius 1 is 0.955 bits per heavy atom. The van der Waals surface area contributed by atoms with Gasteiger partial charge in [0.15, 0.2) is 0 Å². The number of aryl methyl sites for hydroxylation is 1. The molecule has 2 heterocycles. The summed E-state index contributed by atoms with van der Waals surface area (Å²) in [4.78, 5) is 1.32. The quantitative estimate of drug-likeness (QED) is 0.585. The van der Waals surface area contributed by atoms with E-state index in [1.807, 2.05) is 0 Å². The third kappa shape index (κ3) is 2.38. The smallest absolute Gasteiger partial charge is 0.0586 e. The predicted octanol–water partition coefficient (Wildman–Crippen LogP) is 5.41. The maximum atomic E-state index is 2.47. The lowest BCUT2D eigenvalue weighted by molar-refractivity contribution is 0.621. The van der Waals surface area contributed by atoms with Crippen LogP contribution in [0.2, 0.25) is 0 Å². The number of aromatic nitrogens is 1. The molecule has 4 rings (SSSR count). The highest BCUT2D eigenvalue weighted by molar-refractivity contribution is 7.98. The Kier molecular flexibility index (Phi) is 3.55. The zero-order valence-electron chi connectivity index (χ0n) is 12.7. The second-order valence-corrected chi connectivity index (χ2v) is 6.70. The molecule has 0 fully saturated rings.